The second kappa shape index (κ2) is 10.7. The smallest absolute Gasteiger partial charge is 0.224 e. The molecule has 3 aromatic rings. The summed E-state index contributed by atoms with van der Waals surface area (Å²) >= 11 is 1.57. The van der Waals surface area contributed by atoms with Crippen LogP contribution in [0.3, 0.4) is 0 Å². The molecule has 0 unspecified atom stereocenters. The average Bonchev–Trinajstić information content (AvgIpc) is 3.34. The summed E-state index contributed by atoms with van der Waals surface area (Å²) in [7, 11) is 0. The van der Waals surface area contributed by atoms with Crippen LogP contribution >= 0.6 is 11.3 Å². The number of aryl methyl sites for hydroxylation is 1. The van der Waals surface area contributed by atoms with Crippen molar-refractivity contribution in [3.05, 3.63) is 86.6 Å². The molecule has 0 spiro atoms. The highest BCUT2D eigenvalue weighted by atomic mass is 32.1. The number of amides is 2. The fraction of sp³-hybridized carbons (Fsp3) is 0.308. The van der Waals surface area contributed by atoms with Crippen LogP contribution in [0.1, 0.15) is 51.1 Å². The van der Waals surface area contributed by atoms with Crippen LogP contribution in [-0.4, -0.2) is 34.0 Å². The lowest BCUT2D eigenvalue weighted by Crippen LogP contribution is -2.37. The molecule has 6 nitrogen and oxygen atoms in total. The number of nitrogens with zero attached hydrogens (tertiary/aromatic N) is 2. The first-order chi connectivity index (χ1) is 16.4. The minimum Gasteiger partial charge on any atom is -0.352 e. The Bertz CT molecular complexity index is 1190. The third-order valence-electron chi connectivity index (χ3n) is 6.09. The molecule has 1 aromatic carbocycles. The molecule has 3 heterocycles. The highest BCUT2D eigenvalue weighted by Gasteiger charge is 2.24. The van der Waals surface area contributed by atoms with Crippen LogP contribution in [0.15, 0.2) is 47.3 Å². The molecule has 2 aromatic heterocycles. The van der Waals surface area contributed by atoms with Gasteiger partial charge in [-0.25, -0.2) is 4.39 Å². The van der Waals surface area contributed by atoms with E-state index in [4.69, 9.17) is 0 Å². The van der Waals surface area contributed by atoms with Crippen molar-refractivity contribution in [2.45, 2.75) is 45.7 Å². The van der Waals surface area contributed by atoms with Crippen molar-refractivity contribution in [2.75, 3.05) is 6.54 Å². The lowest BCUT2D eigenvalue weighted by Gasteiger charge is -2.30. The quantitative estimate of drug-likeness (QED) is 0.496. The number of aromatic nitrogens is 1. The summed E-state index contributed by atoms with van der Waals surface area (Å²) in [5.41, 5.74) is 5.39. The van der Waals surface area contributed by atoms with E-state index in [-0.39, 0.29) is 30.4 Å². The van der Waals surface area contributed by atoms with E-state index in [1.165, 1.54) is 24.3 Å². The van der Waals surface area contributed by atoms with E-state index in [9.17, 15) is 18.8 Å². The maximum absolute atomic E-state index is 13.0. The number of hydrogen-bond acceptors (Lipinski definition) is 5. The van der Waals surface area contributed by atoms with Gasteiger partial charge in [-0.3, -0.25) is 19.4 Å². The number of halogens is 1. The SMILES string of the molecule is Cc1ncc2c(c1CNC(=O)Cc1ccsc1)CCN(C(=O)CCC(=O)c1ccc(F)cc1)C2. The van der Waals surface area contributed by atoms with Gasteiger partial charge in [-0.2, -0.15) is 11.3 Å². The van der Waals surface area contributed by atoms with Crippen LogP contribution < -0.4 is 5.32 Å². The number of pyridine rings is 1. The first kappa shape index (κ1) is 23.8. The van der Waals surface area contributed by atoms with Crippen LogP contribution in [0.4, 0.5) is 4.39 Å². The van der Waals surface area contributed by atoms with Gasteiger partial charge in [0.05, 0.1) is 6.42 Å². The van der Waals surface area contributed by atoms with Gasteiger partial charge in [-0.15, -0.1) is 0 Å². The van der Waals surface area contributed by atoms with E-state index >= 15 is 0 Å². The lowest BCUT2D eigenvalue weighted by atomic mass is 9.94. The van der Waals surface area contributed by atoms with Crippen molar-refractivity contribution in [1.29, 1.82) is 0 Å². The number of ketones is 1. The molecule has 0 saturated carbocycles. The van der Waals surface area contributed by atoms with E-state index in [0.29, 0.717) is 38.0 Å². The van der Waals surface area contributed by atoms with Crippen molar-refractivity contribution >= 4 is 28.9 Å². The predicted molar refractivity (Wildman–Crippen MR) is 128 cm³/mol. The van der Waals surface area contributed by atoms with Crippen molar-refractivity contribution in [3.63, 3.8) is 0 Å². The molecule has 8 heteroatoms. The molecule has 2 amide bonds. The predicted octanol–water partition coefficient (Wildman–Crippen LogP) is 4.00. The monoisotopic (exact) mass is 479 g/mol. The minimum atomic E-state index is -0.398. The van der Waals surface area contributed by atoms with Crippen LogP contribution in [0, 0.1) is 12.7 Å². The molecule has 0 saturated heterocycles. The zero-order valence-corrected chi connectivity index (χ0v) is 19.8. The average molecular weight is 480 g/mol. The largest absolute Gasteiger partial charge is 0.352 e. The Morgan fingerprint density at radius 1 is 1.15 bits per heavy atom. The van der Waals surface area contributed by atoms with Gasteiger partial charge < -0.3 is 10.2 Å². The van der Waals surface area contributed by atoms with Gasteiger partial charge in [0.15, 0.2) is 5.78 Å². The maximum atomic E-state index is 13.0. The molecular formula is C26H26FN3O3S. The third-order valence-corrected chi connectivity index (χ3v) is 6.82. The van der Waals surface area contributed by atoms with E-state index in [1.807, 2.05) is 23.8 Å². The molecule has 1 N–H and O–H groups in total. The molecule has 176 valence electrons. The summed E-state index contributed by atoms with van der Waals surface area (Å²) in [5, 5.41) is 6.92. The molecule has 0 atom stereocenters. The maximum Gasteiger partial charge on any atom is 0.224 e. The van der Waals surface area contributed by atoms with Gasteiger partial charge in [0.25, 0.3) is 0 Å². The number of benzene rings is 1. The highest BCUT2D eigenvalue weighted by molar-refractivity contribution is 7.08. The molecule has 4 rings (SSSR count). The Morgan fingerprint density at radius 2 is 1.94 bits per heavy atom. The topological polar surface area (TPSA) is 79.4 Å². The first-order valence-electron chi connectivity index (χ1n) is 11.2. The van der Waals surface area contributed by atoms with Crippen molar-refractivity contribution in [1.82, 2.24) is 15.2 Å². The fourth-order valence-corrected chi connectivity index (χ4v) is 4.82. The van der Waals surface area contributed by atoms with Gasteiger partial charge in [-0.05, 0) is 76.7 Å². The van der Waals surface area contributed by atoms with Crippen LogP contribution in [0.5, 0.6) is 0 Å². The van der Waals surface area contributed by atoms with Crippen LogP contribution in [0.25, 0.3) is 0 Å². The summed E-state index contributed by atoms with van der Waals surface area (Å²) in [6.45, 7) is 3.32. The molecule has 0 aliphatic carbocycles. The summed E-state index contributed by atoms with van der Waals surface area (Å²) in [6.07, 6.45) is 3.01. The number of carbonyl (C=O) groups excluding carboxylic acids is 3. The number of nitrogens with one attached hydrogen (secondary N) is 1. The Hall–Kier alpha value is -3.39. The summed E-state index contributed by atoms with van der Waals surface area (Å²) in [4.78, 5) is 43.6. The van der Waals surface area contributed by atoms with Gasteiger partial charge in [0.2, 0.25) is 11.8 Å². The van der Waals surface area contributed by atoms with Crippen molar-refractivity contribution < 1.29 is 18.8 Å². The molecular weight excluding hydrogens is 453 g/mol. The Morgan fingerprint density at radius 3 is 2.68 bits per heavy atom. The lowest BCUT2D eigenvalue weighted by molar-refractivity contribution is -0.132. The van der Waals surface area contributed by atoms with Gasteiger partial charge in [-0.1, -0.05) is 0 Å². The molecule has 1 aliphatic heterocycles. The number of carbonyl (C=O) groups is 3. The second-order valence-electron chi connectivity index (χ2n) is 8.41. The standard InChI is InChI=1S/C26H26FN3O3S/c1-17-23(14-29-25(32)12-18-9-11-34-16-18)22-8-10-30(15-20(22)13-28-17)26(33)7-6-24(31)19-2-4-21(27)5-3-19/h2-5,9,11,13,16H,6-8,10,12,14-15H2,1H3,(H,29,32). The van der Waals surface area contributed by atoms with Crippen LogP contribution in [0.2, 0.25) is 0 Å². The Balaban J connectivity index is 1.34. The summed E-state index contributed by atoms with van der Waals surface area (Å²) in [6, 6.07) is 7.31. The van der Waals surface area contributed by atoms with Crippen LogP contribution in [-0.2, 0) is 35.5 Å². The van der Waals surface area contributed by atoms with Gasteiger partial charge >= 0.3 is 0 Å². The number of Topliss-reactive ketones (excluding diaryl/α,β-unsaturated/α-hetero) is 1. The molecule has 0 radical (unpaired) electrons. The minimum absolute atomic E-state index is 0.0335. The summed E-state index contributed by atoms with van der Waals surface area (Å²) < 4.78 is 13.0. The van der Waals surface area contributed by atoms with Gasteiger partial charge in [0, 0.05) is 49.9 Å². The fourth-order valence-electron chi connectivity index (χ4n) is 4.16. The zero-order valence-electron chi connectivity index (χ0n) is 19.0. The van der Waals surface area contributed by atoms with E-state index in [2.05, 4.69) is 10.3 Å². The van der Waals surface area contributed by atoms with E-state index in [0.717, 1.165) is 27.9 Å². The third kappa shape index (κ3) is 5.75. The van der Waals surface area contributed by atoms with Crippen molar-refractivity contribution in [2.24, 2.45) is 0 Å². The number of hydrogen-bond donors (Lipinski definition) is 1. The number of fused-ring (bicyclic) bond motifs is 1. The summed E-state index contributed by atoms with van der Waals surface area (Å²) in [5.74, 6) is -0.700. The number of thiophene rings is 1. The van der Waals surface area contributed by atoms with Crippen molar-refractivity contribution in [3.8, 4) is 0 Å². The number of rotatable bonds is 8. The molecule has 0 fully saturated rings. The first-order valence-corrected chi connectivity index (χ1v) is 12.2. The zero-order chi connectivity index (χ0) is 24.1. The Labute approximate surface area is 201 Å². The van der Waals surface area contributed by atoms with Gasteiger partial charge in [0.1, 0.15) is 5.82 Å². The Kier molecular flexibility index (Phi) is 7.47. The normalized spacial score (nSPS) is 12.8. The highest BCUT2D eigenvalue weighted by Crippen LogP contribution is 2.25. The van der Waals surface area contributed by atoms with E-state index in [1.54, 1.807) is 22.4 Å². The van der Waals surface area contributed by atoms with E-state index < -0.39 is 5.82 Å². The molecule has 34 heavy (non-hydrogen) atoms. The molecule has 1 aliphatic rings. The molecule has 0 bridgehead atoms. The second-order valence-corrected chi connectivity index (χ2v) is 9.19.